The van der Waals surface area contributed by atoms with E-state index < -0.39 is 34.7 Å². The SMILES string of the molecule is CCCCCCCCCCCCCC[C@H](F)[C@@H]1OS(=O)(=O)O[C@H]1C(=O)OCC. The molecule has 28 heavy (non-hydrogen) atoms. The fourth-order valence-corrected chi connectivity index (χ4v) is 4.36. The van der Waals surface area contributed by atoms with Gasteiger partial charge in [-0.1, -0.05) is 84.0 Å². The maximum absolute atomic E-state index is 14.4. The van der Waals surface area contributed by atoms with Gasteiger partial charge in [-0.05, 0) is 13.3 Å². The second kappa shape index (κ2) is 14.3. The molecule has 0 amide bonds. The van der Waals surface area contributed by atoms with Gasteiger partial charge in [0, 0.05) is 0 Å². The molecule has 0 unspecified atom stereocenters. The summed E-state index contributed by atoms with van der Waals surface area (Å²) in [5.74, 6) is -0.911. The Kier molecular flexibility index (Phi) is 12.9. The van der Waals surface area contributed by atoms with Crippen LogP contribution in [0.4, 0.5) is 4.39 Å². The van der Waals surface area contributed by atoms with Crippen molar-refractivity contribution < 1.29 is 30.7 Å². The Morgan fingerprint density at radius 2 is 1.39 bits per heavy atom. The van der Waals surface area contributed by atoms with Gasteiger partial charge in [-0.25, -0.2) is 17.6 Å². The molecule has 0 spiro atoms. The average molecular weight is 425 g/mol. The van der Waals surface area contributed by atoms with E-state index in [0.29, 0.717) is 6.42 Å². The van der Waals surface area contributed by atoms with Crippen molar-refractivity contribution >= 4 is 16.4 Å². The summed E-state index contributed by atoms with van der Waals surface area (Å²) in [6, 6.07) is 0. The highest BCUT2D eigenvalue weighted by molar-refractivity contribution is 7.82. The first-order valence-corrected chi connectivity index (χ1v) is 12.2. The number of alkyl halides is 1. The largest absolute Gasteiger partial charge is 0.464 e. The predicted molar refractivity (Wildman–Crippen MR) is 106 cm³/mol. The molecule has 0 aromatic carbocycles. The van der Waals surface area contributed by atoms with E-state index in [1.807, 2.05) is 0 Å². The Hall–Kier alpha value is -0.730. The first-order valence-electron chi connectivity index (χ1n) is 10.8. The maximum Gasteiger partial charge on any atom is 0.401 e. The third-order valence-electron chi connectivity index (χ3n) is 4.96. The van der Waals surface area contributed by atoms with Gasteiger partial charge in [-0.2, -0.15) is 8.42 Å². The zero-order valence-corrected chi connectivity index (χ0v) is 18.2. The highest BCUT2D eigenvalue weighted by Crippen LogP contribution is 2.28. The molecule has 1 heterocycles. The number of unbranched alkanes of at least 4 members (excludes halogenated alkanes) is 11. The van der Waals surface area contributed by atoms with Crippen molar-refractivity contribution in [3.05, 3.63) is 0 Å². The molecule has 166 valence electrons. The minimum absolute atomic E-state index is 0.0567. The zero-order valence-electron chi connectivity index (χ0n) is 17.4. The fraction of sp³-hybridized carbons (Fsp3) is 0.950. The summed E-state index contributed by atoms with van der Waals surface area (Å²) in [5.41, 5.74) is 0. The van der Waals surface area contributed by atoms with Crippen LogP contribution in [0.25, 0.3) is 0 Å². The molecule has 0 aromatic rings. The van der Waals surface area contributed by atoms with Gasteiger partial charge in [-0.15, -0.1) is 0 Å². The van der Waals surface area contributed by atoms with Crippen LogP contribution in [0.5, 0.6) is 0 Å². The Morgan fingerprint density at radius 1 is 0.893 bits per heavy atom. The van der Waals surface area contributed by atoms with Gasteiger partial charge < -0.3 is 4.74 Å². The third kappa shape index (κ3) is 10.2. The van der Waals surface area contributed by atoms with Crippen molar-refractivity contribution in [3.8, 4) is 0 Å². The van der Waals surface area contributed by atoms with E-state index in [1.54, 1.807) is 6.92 Å². The summed E-state index contributed by atoms with van der Waals surface area (Å²) in [5, 5.41) is 0. The summed E-state index contributed by atoms with van der Waals surface area (Å²) in [4.78, 5) is 11.8. The topological polar surface area (TPSA) is 78.9 Å². The standard InChI is InChI=1S/C20H37FO6S/c1-3-5-6-7-8-9-10-11-12-13-14-15-16-17(21)18-19(20(22)25-4-2)27-28(23,24)26-18/h17-19H,3-16H2,1-2H3/t17-,18-,19+/m0/s1. The van der Waals surface area contributed by atoms with Crippen molar-refractivity contribution in [2.45, 2.75) is 116 Å². The highest BCUT2D eigenvalue weighted by Gasteiger charge is 2.49. The number of carbonyl (C=O) groups excluding carboxylic acids is 1. The second-order valence-electron chi connectivity index (χ2n) is 7.43. The molecule has 1 saturated heterocycles. The summed E-state index contributed by atoms with van der Waals surface area (Å²) in [7, 11) is -4.35. The predicted octanol–water partition coefficient (Wildman–Crippen LogP) is 5.01. The third-order valence-corrected chi connectivity index (χ3v) is 5.86. The Morgan fingerprint density at radius 3 is 1.89 bits per heavy atom. The van der Waals surface area contributed by atoms with E-state index in [-0.39, 0.29) is 13.0 Å². The number of halogens is 1. The number of carbonyl (C=O) groups is 1. The van der Waals surface area contributed by atoms with Gasteiger partial charge in [0.15, 0.2) is 0 Å². The average Bonchev–Trinajstić information content (AvgIpc) is 2.98. The van der Waals surface area contributed by atoms with E-state index in [4.69, 9.17) is 4.74 Å². The van der Waals surface area contributed by atoms with Gasteiger partial charge >= 0.3 is 16.4 Å². The normalized spacial score (nSPS) is 22.2. The number of hydrogen-bond acceptors (Lipinski definition) is 6. The Balaban J connectivity index is 2.13. The van der Waals surface area contributed by atoms with Crippen molar-refractivity contribution in [1.82, 2.24) is 0 Å². The molecule has 1 aliphatic rings. The van der Waals surface area contributed by atoms with Crippen LogP contribution < -0.4 is 0 Å². The van der Waals surface area contributed by atoms with Crippen LogP contribution in [0.1, 0.15) is 97.3 Å². The Bertz CT molecular complexity index is 525. The molecule has 3 atom stereocenters. The molecule has 0 saturated carbocycles. The van der Waals surface area contributed by atoms with Gasteiger partial charge in [0.1, 0.15) is 12.3 Å². The van der Waals surface area contributed by atoms with Gasteiger partial charge in [0.2, 0.25) is 6.10 Å². The van der Waals surface area contributed by atoms with Crippen LogP contribution in [-0.4, -0.2) is 39.4 Å². The van der Waals surface area contributed by atoms with E-state index in [0.717, 1.165) is 19.3 Å². The molecule has 0 bridgehead atoms. The van der Waals surface area contributed by atoms with Crippen molar-refractivity contribution in [3.63, 3.8) is 0 Å². The first kappa shape index (κ1) is 25.3. The van der Waals surface area contributed by atoms with Crippen molar-refractivity contribution in [2.75, 3.05) is 6.61 Å². The number of ether oxygens (including phenoxy) is 1. The molecule has 0 radical (unpaired) electrons. The molecule has 1 fully saturated rings. The number of rotatable bonds is 16. The van der Waals surface area contributed by atoms with E-state index in [9.17, 15) is 17.6 Å². The monoisotopic (exact) mass is 424 g/mol. The minimum atomic E-state index is -4.35. The maximum atomic E-state index is 14.4. The molecular formula is C20H37FO6S. The van der Waals surface area contributed by atoms with Crippen LogP contribution in [-0.2, 0) is 28.3 Å². The van der Waals surface area contributed by atoms with Crippen LogP contribution in [0.2, 0.25) is 0 Å². The molecule has 1 rings (SSSR count). The smallest absolute Gasteiger partial charge is 0.401 e. The first-order chi connectivity index (χ1) is 13.4. The summed E-state index contributed by atoms with van der Waals surface area (Å²) in [6.07, 6.45) is 9.54. The minimum Gasteiger partial charge on any atom is -0.464 e. The van der Waals surface area contributed by atoms with Crippen molar-refractivity contribution in [2.24, 2.45) is 0 Å². The number of esters is 1. The lowest BCUT2D eigenvalue weighted by atomic mass is 10.0. The molecule has 8 heteroatoms. The van der Waals surface area contributed by atoms with E-state index in [1.165, 1.54) is 51.4 Å². The van der Waals surface area contributed by atoms with Gasteiger partial charge in [0.25, 0.3) is 0 Å². The second-order valence-corrected chi connectivity index (χ2v) is 8.63. The lowest BCUT2D eigenvalue weighted by molar-refractivity contribution is -0.153. The summed E-state index contributed by atoms with van der Waals surface area (Å²) < 4.78 is 51.2. The van der Waals surface area contributed by atoms with E-state index in [2.05, 4.69) is 15.3 Å². The molecule has 0 aromatic heterocycles. The van der Waals surface area contributed by atoms with Gasteiger partial charge in [0.05, 0.1) is 6.61 Å². The highest BCUT2D eigenvalue weighted by atomic mass is 32.3. The van der Waals surface area contributed by atoms with Crippen LogP contribution in [0, 0.1) is 0 Å². The molecule has 0 aliphatic carbocycles. The quantitative estimate of drug-likeness (QED) is 0.256. The molecule has 0 N–H and O–H groups in total. The fourth-order valence-electron chi connectivity index (χ4n) is 3.38. The van der Waals surface area contributed by atoms with Gasteiger partial charge in [-0.3, -0.25) is 0 Å². The van der Waals surface area contributed by atoms with Crippen LogP contribution in [0.15, 0.2) is 0 Å². The van der Waals surface area contributed by atoms with E-state index >= 15 is 0 Å². The Labute approximate surface area is 169 Å². The molecule has 1 aliphatic heterocycles. The molecular weight excluding hydrogens is 387 g/mol. The lowest BCUT2D eigenvalue weighted by Crippen LogP contribution is -2.39. The molecule has 6 nitrogen and oxygen atoms in total. The van der Waals surface area contributed by atoms with Crippen LogP contribution in [0.3, 0.4) is 0 Å². The number of hydrogen-bond donors (Lipinski definition) is 0. The van der Waals surface area contributed by atoms with Crippen molar-refractivity contribution in [1.29, 1.82) is 0 Å². The van der Waals surface area contributed by atoms with Crippen LogP contribution >= 0.6 is 0 Å². The zero-order chi connectivity index (χ0) is 20.8. The lowest BCUT2D eigenvalue weighted by Gasteiger charge is -2.17. The summed E-state index contributed by atoms with van der Waals surface area (Å²) in [6.45, 7) is 3.86. The summed E-state index contributed by atoms with van der Waals surface area (Å²) >= 11 is 0.